The van der Waals surface area contributed by atoms with Crippen LogP contribution in [0.3, 0.4) is 0 Å². The fourth-order valence-electron chi connectivity index (χ4n) is 2.17. The van der Waals surface area contributed by atoms with Gasteiger partial charge in [-0.15, -0.1) is 0 Å². The van der Waals surface area contributed by atoms with Crippen molar-refractivity contribution in [2.45, 2.75) is 27.7 Å². The molecule has 1 aromatic rings. The minimum atomic E-state index is -0.694. The van der Waals surface area contributed by atoms with Crippen LogP contribution in [0.2, 0.25) is 0 Å². The third kappa shape index (κ3) is 2.96. The summed E-state index contributed by atoms with van der Waals surface area (Å²) >= 11 is 11.1. The number of benzene rings is 1. The van der Waals surface area contributed by atoms with Crippen LogP contribution in [0.4, 0.5) is 5.69 Å². The predicted molar refractivity (Wildman–Crippen MR) is 75.3 cm³/mol. The van der Waals surface area contributed by atoms with Crippen molar-refractivity contribution >= 4 is 45.3 Å². The quantitative estimate of drug-likeness (QED) is 0.871. The van der Waals surface area contributed by atoms with Gasteiger partial charge in [0.15, 0.2) is 0 Å². The number of hydrogen-bond acceptors (Lipinski definition) is 3. The third-order valence-corrected chi connectivity index (χ3v) is 3.32. The molecule has 0 aromatic heterocycles. The van der Waals surface area contributed by atoms with Gasteiger partial charge in [0.25, 0.3) is 10.5 Å². The molecule has 0 radical (unpaired) electrons. The molecule has 0 heterocycles. The Morgan fingerprint density at radius 3 is 1.47 bits per heavy atom. The molecule has 6 heteroatoms. The van der Waals surface area contributed by atoms with Crippen LogP contribution in [0.1, 0.15) is 44.3 Å². The monoisotopic (exact) mass is 301 g/mol. The van der Waals surface area contributed by atoms with Crippen molar-refractivity contribution in [2.75, 3.05) is 5.32 Å². The highest BCUT2D eigenvalue weighted by atomic mass is 35.5. The van der Waals surface area contributed by atoms with Gasteiger partial charge in [0.05, 0.1) is 0 Å². The Morgan fingerprint density at radius 1 is 0.842 bits per heavy atom. The minimum Gasteiger partial charge on any atom is -0.326 e. The first-order valence-corrected chi connectivity index (χ1v) is 6.25. The van der Waals surface area contributed by atoms with Gasteiger partial charge in [-0.2, -0.15) is 0 Å². The molecule has 1 aromatic carbocycles. The van der Waals surface area contributed by atoms with E-state index in [2.05, 4.69) is 5.32 Å². The summed E-state index contributed by atoms with van der Waals surface area (Å²) in [5, 5.41) is 1.21. The van der Waals surface area contributed by atoms with E-state index in [9.17, 15) is 14.4 Å². The Hall–Kier alpha value is -1.39. The Labute approximate surface area is 121 Å². The number of rotatable bonds is 3. The predicted octanol–water partition coefficient (Wildman–Crippen LogP) is 3.33. The maximum Gasteiger partial charge on any atom is 0.253 e. The summed E-state index contributed by atoms with van der Waals surface area (Å²) in [4.78, 5) is 34.2. The van der Waals surface area contributed by atoms with Crippen molar-refractivity contribution in [2.24, 2.45) is 0 Å². The molecule has 0 aliphatic rings. The minimum absolute atomic E-state index is 0.194. The standard InChI is InChI=1S/C13H13Cl2NO3/c1-5-9(12(14)18)6(2)11(16-8(4)17)7(3)10(5)13(15)19/h1-4H3,(H,16,17). The average Bonchev–Trinajstić information content (AvgIpc) is 2.22. The fourth-order valence-corrected chi connectivity index (χ4v) is 2.74. The number of carbonyl (C=O) groups excluding carboxylic acids is 3. The lowest BCUT2D eigenvalue weighted by molar-refractivity contribution is -0.114. The lowest BCUT2D eigenvalue weighted by Crippen LogP contribution is -2.15. The highest BCUT2D eigenvalue weighted by Gasteiger charge is 2.23. The highest BCUT2D eigenvalue weighted by Crippen LogP contribution is 2.33. The van der Waals surface area contributed by atoms with Crippen LogP contribution in [0.5, 0.6) is 0 Å². The average molecular weight is 302 g/mol. The Bertz CT molecular complexity index is 553. The van der Waals surface area contributed by atoms with Crippen molar-refractivity contribution in [3.8, 4) is 0 Å². The Kier molecular flexibility index (Phi) is 4.71. The van der Waals surface area contributed by atoms with Gasteiger partial charge in [-0.25, -0.2) is 0 Å². The largest absolute Gasteiger partial charge is 0.326 e. The number of anilines is 1. The van der Waals surface area contributed by atoms with Crippen molar-refractivity contribution in [3.63, 3.8) is 0 Å². The first-order valence-electron chi connectivity index (χ1n) is 5.49. The topological polar surface area (TPSA) is 63.2 Å². The van der Waals surface area contributed by atoms with E-state index in [1.54, 1.807) is 20.8 Å². The van der Waals surface area contributed by atoms with Crippen molar-refractivity contribution < 1.29 is 14.4 Å². The van der Waals surface area contributed by atoms with Gasteiger partial charge in [0.1, 0.15) is 0 Å². The van der Waals surface area contributed by atoms with Gasteiger partial charge < -0.3 is 5.32 Å². The summed E-state index contributed by atoms with van der Waals surface area (Å²) in [7, 11) is 0. The summed E-state index contributed by atoms with van der Waals surface area (Å²) < 4.78 is 0. The second-order valence-corrected chi connectivity index (χ2v) is 4.92. The number of nitrogens with one attached hydrogen (secondary N) is 1. The molecule has 0 saturated carbocycles. The summed E-state index contributed by atoms with van der Waals surface area (Å²) in [6.07, 6.45) is 0. The molecule has 0 aliphatic heterocycles. The lowest BCUT2D eigenvalue weighted by Gasteiger charge is -2.18. The van der Waals surface area contributed by atoms with Crippen LogP contribution in [0.25, 0.3) is 0 Å². The summed E-state index contributed by atoms with van der Waals surface area (Å²) in [5.41, 5.74) is 2.24. The van der Waals surface area contributed by atoms with Gasteiger partial charge >= 0.3 is 0 Å². The Morgan fingerprint density at radius 2 is 1.21 bits per heavy atom. The summed E-state index contributed by atoms with van der Waals surface area (Å²) in [6.45, 7) is 6.25. The van der Waals surface area contributed by atoms with E-state index >= 15 is 0 Å². The van der Waals surface area contributed by atoms with E-state index in [-0.39, 0.29) is 17.0 Å². The molecule has 0 unspecified atom stereocenters. The number of amides is 1. The molecule has 0 saturated heterocycles. The number of halogens is 2. The number of carbonyl (C=O) groups is 3. The molecule has 1 rings (SSSR count). The first kappa shape index (κ1) is 15.7. The van der Waals surface area contributed by atoms with Gasteiger partial charge in [-0.05, 0) is 60.7 Å². The molecule has 1 N–H and O–H groups in total. The second-order valence-electron chi connectivity index (χ2n) is 4.23. The summed E-state index contributed by atoms with van der Waals surface area (Å²) in [6, 6.07) is 0. The SMILES string of the molecule is CC(=O)Nc1c(C)c(C(=O)Cl)c(C)c(C(=O)Cl)c1C. The zero-order valence-electron chi connectivity index (χ0n) is 11.0. The normalized spacial score (nSPS) is 10.2. The second kappa shape index (κ2) is 5.72. The summed E-state index contributed by atoms with van der Waals surface area (Å²) in [5.74, 6) is -0.309. The van der Waals surface area contributed by atoms with Crippen molar-refractivity contribution in [3.05, 3.63) is 27.8 Å². The smallest absolute Gasteiger partial charge is 0.253 e. The molecule has 102 valence electrons. The molecule has 0 bridgehead atoms. The van der Waals surface area contributed by atoms with E-state index in [0.717, 1.165) is 0 Å². The van der Waals surface area contributed by atoms with Gasteiger partial charge in [-0.1, -0.05) is 0 Å². The molecule has 1 amide bonds. The van der Waals surface area contributed by atoms with E-state index in [0.29, 0.717) is 22.4 Å². The molecule has 4 nitrogen and oxygen atoms in total. The first-order chi connectivity index (χ1) is 8.68. The Balaban J connectivity index is 3.79. The lowest BCUT2D eigenvalue weighted by atomic mass is 9.92. The van der Waals surface area contributed by atoms with E-state index in [1.807, 2.05) is 0 Å². The zero-order valence-corrected chi connectivity index (χ0v) is 12.5. The molecular weight excluding hydrogens is 289 g/mol. The third-order valence-electron chi connectivity index (χ3n) is 2.94. The van der Waals surface area contributed by atoms with E-state index in [1.165, 1.54) is 6.92 Å². The van der Waals surface area contributed by atoms with Crippen LogP contribution in [-0.2, 0) is 4.79 Å². The van der Waals surface area contributed by atoms with Crippen molar-refractivity contribution in [1.29, 1.82) is 0 Å². The van der Waals surface area contributed by atoms with Crippen molar-refractivity contribution in [1.82, 2.24) is 0 Å². The van der Waals surface area contributed by atoms with Gasteiger partial charge in [0, 0.05) is 23.7 Å². The molecule has 0 spiro atoms. The number of hydrogen-bond donors (Lipinski definition) is 1. The van der Waals surface area contributed by atoms with Crippen LogP contribution in [0, 0.1) is 20.8 Å². The molecule has 0 aliphatic carbocycles. The van der Waals surface area contributed by atoms with Crippen LogP contribution < -0.4 is 5.32 Å². The fraction of sp³-hybridized carbons (Fsp3) is 0.308. The van der Waals surface area contributed by atoms with Crippen LogP contribution in [-0.4, -0.2) is 16.4 Å². The molecule has 0 fully saturated rings. The van der Waals surface area contributed by atoms with Crippen LogP contribution >= 0.6 is 23.2 Å². The molecule has 0 atom stereocenters. The van der Waals surface area contributed by atoms with Gasteiger partial charge in [0.2, 0.25) is 5.91 Å². The molecule has 19 heavy (non-hydrogen) atoms. The zero-order chi connectivity index (χ0) is 14.9. The van der Waals surface area contributed by atoms with Gasteiger partial charge in [-0.3, -0.25) is 14.4 Å². The van der Waals surface area contributed by atoms with E-state index in [4.69, 9.17) is 23.2 Å². The highest BCUT2D eigenvalue weighted by molar-refractivity contribution is 6.69. The van der Waals surface area contributed by atoms with E-state index < -0.39 is 10.5 Å². The molecular formula is C13H13Cl2NO3. The van der Waals surface area contributed by atoms with Crippen LogP contribution in [0.15, 0.2) is 0 Å². The maximum absolute atomic E-state index is 11.5. The maximum atomic E-state index is 11.5.